The van der Waals surface area contributed by atoms with E-state index in [0.717, 1.165) is 25.5 Å². The first kappa shape index (κ1) is 21.2. The number of carbonyl (C=O) groups excluding carboxylic acids is 1. The Balaban J connectivity index is 1.69. The molecule has 3 rings (SSSR count). The Morgan fingerprint density at radius 3 is 2.69 bits per heavy atom. The second-order valence-corrected chi connectivity index (χ2v) is 6.94. The van der Waals surface area contributed by atoms with Gasteiger partial charge in [0.1, 0.15) is 12.4 Å². The van der Waals surface area contributed by atoms with Crippen molar-refractivity contribution in [3.05, 3.63) is 65.2 Å². The molecule has 1 aliphatic rings. The number of nitrogens with one attached hydrogen (secondary N) is 1. The summed E-state index contributed by atoms with van der Waals surface area (Å²) in [6, 6.07) is 11.1. The van der Waals surface area contributed by atoms with Crippen LogP contribution in [0.4, 0.5) is 8.78 Å². The first-order valence-electron chi connectivity index (χ1n) is 9.87. The van der Waals surface area contributed by atoms with E-state index >= 15 is 0 Å². The van der Waals surface area contributed by atoms with E-state index in [-0.39, 0.29) is 5.91 Å². The summed E-state index contributed by atoms with van der Waals surface area (Å²) in [5, 5.41) is 2.84. The van der Waals surface area contributed by atoms with Crippen LogP contribution in [0, 0.1) is 11.6 Å². The molecule has 0 bridgehead atoms. The minimum atomic E-state index is -0.846. The number of para-hydroxylation sites is 1. The molecule has 2 aromatic carbocycles. The third-order valence-electron chi connectivity index (χ3n) is 4.73. The zero-order chi connectivity index (χ0) is 20.5. The van der Waals surface area contributed by atoms with Gasteiger partial charge in [-0.3, -0.25) is 9.69 Å². The number of halogens is 2. The SMILES string of the molecule is O=C1NCCOCCCCN(Cc2ccc(F)c(F)c2)CCOc2ccccc21. The molecule has 0 unspecified atom stereocenters. The summed E-state index contributed by atoms with van der Waals surface area (Å²) in [6.07, 6.45) is 1.79. The topological polar surface area (TPSA) is 50.8 Å². The van der Waals surface area contributed by atoms with Gasteiger partial charge in [-0.15, -0.1) is 0 Å². The summed E-state index contributed by atoms with van der Waals surface area (Å²) >= 11 is 0. The monoisotopic (exact) mass is 404 g/mol. The molecule has 29 heavy (non-hydrogen) atoms. The molecular formula is C22H26F2N2O3. The molecular weight excluding hydrogens is 378 g/mol. The third kappa shape index (κ3) is 6.51. The number of amides is 1. The number of hydrogen-bond acceptors (Lipinski definition) is 4. The highest BCUT2D eigenvalue weighted by molar-refractivity contribution is 5.96. The predicted molar refractivity (Wildman–Crippen MR) is 106 cm³/mol. The van der Waals surface area contributed by atoms with Crippen molar-refractivity contribution in [1.29, 1.82) is 0 Å². The second kappa shape index (κ2) is 10.9. The Labute approximate surface area is 169 Å². The molecule has 0 saturated heterocycles. The molecule has 0 atom stereocenters. The molecule has 156 valence electrons. The summed E-state index contributed by atoms with van der Waals surface area (Å²) in [7, 11) is 0. The van der Waals surface area contributed by atoms with E-state index in [2.05, 4.69) is 10.2 Å². The van der Waals surface area contributed by atoms with Crippen LogP contribution < -0.4 is 10.1 Å². The second-order valence-electron chi connectivity index (χ2n) is 6.94. The minimum absolute atomic E-state index is 0.197. The van der Waals surface area contributed by atoms with Crippen molar-refractivity contribution in [1.82, 2.24) is 10.2 Å². The summed E-state index contributed by atoms with van der Waals surface area (Å²) in [5.74, 6) is -1.36. The minimum Gasteiger partial charge on any atom is -0.491 e. The van der Waals surface area contributed by atoms with Crippen molar-refractivity contribution < 1.29 is 23.0 Å². The molecule has 5 nitrogen and oxygen atoms in total. The third-order valence-corrected chi connectivity index (χ3v) is 4.73. The van der Waals surface area contributed by atoms with Crippen molar-refractivity contribution in [3.8, 4) is 5.75 Å². The molecule has 0 spiro atoms. The predicted octanol–water partition coefficient (Wildman–Crippen LogP) is 3.39. The molecule has 0 aromatic heterocycles. The molecule has 0 fully saturated rings. The van der Waals surface area contributed by atoms with Crippen LogP contribution in [-0.2, 0) is 11.3 Å². The smallest absolute Gasteiger partial charge is 0.255 e. The maximum atomic E-state index is 13.5. The largest absolute Gasteiger partial charge is 0.491 e. The first-order valence-corrected chi connectivity index (χ1v) is 9.87. The van der Waals surface area contributed by atoms with E-state index < -0.39 is 11.6 Å². The van der Waals surface area contributed by atoms with E-state index in [4.69, 9.17) is 9.47 Å². The van der Waals surface area contributed by atoms with Gasteiger partial charge >= 0.3 is 0 Å². The fourth-order valence-corrected chi connectivity index (χ4v) is 3.20. The summed E-state index contributed by atoms with van der Waals surface area (Å²) in [5.41, 5.74) is 1.19. The van der Waals surface area contributed by atoms with Gasteiger partial charge < -0.3 is 14.8 Å². The highest BCUT2D eigenvalue weighted by Gasteiger charge is 2.14. The highest BCUT2D eigenvalue weighted by atomic mass is 19.2. The lowest BCUT2D eigenvalue weighted by Gasteiger charge is -2.23. The van der Waals surface area contributed by atoms with Crippen LogP contribution in [0.2, 0.25) is 0 Å². The maximum absolute atomic E-state index is 13.5. The van der Waals surface area contributed by atoms with E-state index in [1.54, 1.807) is 24.3 Å². The van der Waals surface area contributed by atoms with Gasteiger partial charge in [0, 0.05) is 26.2 Å². The summed E-state index contributed by atoms with van der Waals surface area (Å²) in [4.78, 5) is 14.5. The molecule has 0 aliphatic carbocycles. The number of benzene rings is 2. The molecule has 1 N–H and O–H groups in total. The Morgan fingerprint density at radius 1 is 0.966 bits per heavy atom. The summed E-state index contributed by atoms with van der Waals surface area (Å²) < 4.78 is 38.2. The average Bonchev–Trinajstić information content (AvgIpc) is 2.72. The van der Waals surface area contributed by atoms with Gasteiger partial charge in [0.25, 0.3) is 5.91 Å². The van der Waals surface area contributed by atoms with E-state index in [1.165, 1.54) is 6.07 Å². The Hall–Kier alpha value is -2.51. The number of ether oxygens (including phenoxy) is 2. The lowest BCUT2D eigenvalue weighted by Crippen LogP contribution is -2.30. The van der Waals surface area contributed by atoms with Crippen molar-refractivity contribution in [2.45, 2.75) is 19.4 Å². The van der Waals surface area contributed by atoms with Crippen LogP contribution in [-0.4, -0.2) is 50.3 Å². The summed E-state index contributed by atoms with van der Waals surface area (Å²) in [6.45, 7) is 3.75. The van der Waals surface area contributed by atoms with Crippen molar-refractivity contribution in [2.75, 3.05) is 39.5 Å². The average molecular weight is 404 g/mol. The van der Waals surface area contributed by atoms with Gasteiger partial charge in [0.05, 0.1) is 12.2 Å². The van der Waals surface area contributed by atoms with Gasteiger partial charge in [-0.05, 0) is 49.2 Å². The van der Waals surface area contributed by atoms with Gasteiger partial charge in [0.2, 0.25) is 0 Å². The van der Waals surface area contributed by atoms with E-state index in [1.807, 2.05) is 6.07 Å². The Kier molecular flexibility index (Phi) is 7.95. The van der Waals surface area contributed by atoms with Crippen molar-refractivity contribution >= 4 is 5.91 Å². The normalized spacial score (nSPS) is 17.4. The molecule has 1 heterocycles. The van der Waals surface area contributed by atoms with Crippen molar-refractivity contribution in [3.63, 3.8) is 0 Å². The van der Waals surface area contributed by atoms with Gasteiger partial charge in [-0.2, -0.15) is 0 Å². The maximum Gasteiger partial charge on any atom is 0.255 e. The zero-order valence-electron chi connectivity index (χ0n) is 16.3. The van der Waals surface area contributed by atoms with Crippen LogP contribution in [0.3, 0.4) is 0 Å². The standard InChI is InChI=1S/C22H26F2N2O3/c23-19-8-7-17(15-20(19)24)16-26-10-3-4-12-28-13-9-25-22(27)18-5-1-2-6-21(18)29-14-11-26/h1-2,5-8,15H,3-4,9-14,16H2,(H,25,27). The highest BCUT2D eigenvalue weighted by Crippen LogP contribution is 2.18. The Morgan fingerprint density at radius 2 is 1.83 bits per heavy atom. The van der Waals surface area contributed by atoms with E-state index in [9.17, 15) is 13.6 Å². The zero-order valence-corrected chi connectivity index (χ0v) is 16.3. The lowest BCUT2D eigenvalue weighted by molar-refractivity contribution is 0.0909. The quantitative estimate of drug-likeness (QED) is 0.834. The number of carbonyl (C=O) groups is 1. The number of rotatable bonds is 2. The molecule has 1 aliphatic heterocycles. The van der Waals surface area contributed by atoms with Crippen LogP contribution in [0.1, 0.15) is 28.8 Å². The van der Waals surface area contributed by atoms with E-state index in [0.29, 0.717) is 56.3 Å². The fraction of sp³-hybridized carbons (Fsp3) is 0.409. The lowest BCUT2D eigenvalue weighted by atomic mass is 10.2. The number of fused-ring (bicyclic) bond motifs is 1. The number of nitrogens with zero attached hydrogens (tertiary/aromatic N) is 1. The van der Waals surface area contributed by atoms with Gasteiger partial charge in [-0.1, -0.05) is 18.2 Å². The number of hydrogen-bond donors (Lipinski definition) is 1. The fourth-order valence-electron chi connectivity index (χ4n) is 3.20. The Bertz CT molecular complexity index is 816. The molecule has 0 radical (unpaired) electrons. The van der Waals surface area contributed by atoms with Gasteiger partial charge in [0.15, 0.2) is 11.6 Å². The van der Waals surface area contributed by atoms with Crippen LogP contribution in [0.15, 0.2) is 42.5 Å². The van der Waals surface area contributed by atoms with Crippen LogP contribution in [0.5, 0.6) is 5.75 Å². The molecule has 2 aromatic rings. The van der Waals surface area contributed by atoms with Crippen molar-refractivity contribution in [2.24, 2.45) is 0 Å². The van der Waals surface area contributed by atoms with Crippen LogP contribution in [0.25, 0.3) is 0 Å². The molecule has 1 amide bonds. The van der Waals surface area contributed by atoms with Gasteiger partial charge in [-0.25, -0.2) is 8.78 Å². The molecule has 7 heteroatoms. The molecule has 0 saturated carbocycles. The first-order chi connectivity index (χ1) is 14.1. The van der Waals surface area contributed by atoms with Crippen LogP contribution >= 0.6 is 0 Å².